The molecule has 0 radical (unpaired) electrons. The SMILES string of the molecule is CN(C)c1ccccc1C(=O)C[S+](C)C.[Br-]. The number of carbonyl (C=O) groups excluding carboxylic acids is 1. The first kappa shape index (κ1) is 15.5. The fourth-order valence-electron chi connectivity index (χ4n) is 1.44. The van der Waals surface area contributed by atoms with Crippen LogP contribution in [-0.2, 0) is 10.9 Å². The minimum absolute atomic E-state index is 0. The molecule has 0 aliphatic rings. The first-order chi connectivity index (χ1) is 7.02. The molecule has 1 aromatic carbocycles. The molecule has 0 saturated carbocycles. The molecule has 0 aromatic heterocycles. The van der Waals surface area contributed by atoms with Crippen molar-refractivity contribution in [3.63, 3.8) is 0 Å². The fraction of sp³-hybridized carbons (Fsp3) is 0.417. The maximum absolute atomic E-state index is 12.0. The minimum Gasteiger partial charge on any atom is -1.00 e. The molecular formula is C12H18BrNOS. The van der Waals surface area contributed by atoms with Gasteiger partial charge in [0.05, 0.1) is 12.5 Å². The van der Waals surface area contributed by atoms with E-state index in [4.69, 9.17) is 0 Å². The van der Waals surface area contributed by atoms with E-state index < -0.39 is 0 Å². The highest BCUT2D eigenvalue weighted by atomic mass is 79.9. The summed E-state index contributed by atoms with van der Waals surface area (Å²) >= 11 is 0. The van der Waals surface area contributed by atoms with E-state index in [9.17, 15) is 4.79 Å². The van der Waals surface area contributed by atoms with E-state index in [2.05, 4.69) is 12.5 Å². The average molecular weight is 304 g/mol. The van der Waals surface area contributed by atoms with Crippen molar-refractivity contribution in [2.75, 3.05) is 37.3 Å². The highest BCUT2D eigenvalue weighted by Crippen LogP contribution is 2.18. The molecular weight excluding hydrogens is 286 g/mol. The molecule has 0 N–H and O–H groups in total. The summed E-state index contributed by atoms with van der Waals surface area (Å²) in [5, 5.41) is 0. The standard InChI is InChI=1S/C12H18NOS.BrH/c1-13(2)11-8-6-5-7-10(11)12(14)9-15(3)4;/h5-8H,9H2,1-4H3;1H/q+1;/p-1. The van der Waals surface area contributed by atoms with E-state index in [1.54, 1.807) is 0 Å². The lowest BCUT2D eigenvalue weighted by atomic mass is 10.1. The summed E-state index contributed by atoms with van der Waals surface area (Å²) in [4.78, 5) is 13.9. The van der Waals surface area contributed by atoms with Crippen LogP contribution >= 0.6 is 0 Å². The number of hydrogen-bond acceptors (Lipinski definition) is 2. The van der Waals surface area contributed by atoms with Crippen LogP contribution in [0.2, 0.25) is 0 Å². The van der Waals surface area contributed by atoms with Crippen molar-refractivity contribution in [1.29, 1.82) is 0 Å². The van der Waals surface area contributed by atoms with Crippen LogP contribution in [0, 0.1) is 0 Å². The highest BCUT2D eigenvalue weighted by Gasteiger charge is 2.17. The van der Waals surface area contributed by atoms with Gasteiger partial charge in [0.25, 0.3) is 0 Å². The highest BCUT2D eigenvalue weighted by molar-refractivity contribution is 7.96. The van der Waals surface area contributed by atoms with Gasteiger partial charge in [-0.15, -0.1) is 0 Å². The van der Waals surface area contributed by atoms with Gasteiger partial charge in [-0.2, -0.15) is 0 Å². The van der Waals surface area contributed by atoms with Crippen LogP contribution in [0.1, 0.15) is 10.4 Å². The molecule has 0 atom stereocenters. The molecule has 1 aromatic rings. The van der Waals surface area contributed by atoms with Crippen molar-refractivity contribution in [3.8, 4) is 0 Å². The molecule has 2 nitrogen and oxygen atoms in total. The molecule has 0 fully saturated rings. The molecule has 90 valence electrons. The van der Waals surface area contributed by atoms with Crippen molar-refractivity contribution in [1.82, 2.24) is 0 Å². The van der Waals surface area contributed by atoms with Crippen LogP contribution in [0.15, 0.2) is 24.3 Å². The van der Waals surface area contributed by atoms with Crippen molar-refractivity contribution >= 4 is 22.4 Å². The van der Waals surface area contributed by atoms with Gasteiger partial charge in [-0.05, 0) is 23.0 Å². The number of rotatable bonds is 4. The van der Waals surface area contributed by atoms with Crippen molar-refractivity contribution in [3.05, 3.63) is 29.8 Å². The second kappa shape index (κ2) is 6.97. The second-order valence-electron chi connectivity index (χ2n) is 3.96. The molecule has 16 heavy (non-hydrogen) atoms. The number of carbonyl (C=O) groups is 1. The summed E-state index contributed by atoms with van der Waals surface area (Å²) in [5.74, 6) is 0.887. The average Bonchev–Trinajstić information content (AvgIpc) is 2.16. The van der Waals surface area contributed by atoms with Crippen molar-refractivity contribution in [2.45, 2.75) is 0 Å². The fourth-order valence-corrected chi connectivity index (χ4v) is 2.12. The summed E-state index contributed by atoms with van der Waals surface area (Å²) < 4.78 is 0. The number of Topliss-reactive ketones (excluding diaryl/α,β-unsaturated/α-hetero) is 1. The predicted molar refractivity (Wildman–Crippen MR) is 69.2 cm³/mol. The minimum atomic E-state index is 0. The van der Waals surface area contributed by atoms with Crippen molar-refractivity contribution < 1.29 is 21.8 Å². The lowest BCUT2D eigenvalue weighted by Gasteiger charge is -2.15. The number of nitrogens with zero attached hydrogens (tertiary/aromatic N) is 1. The quantitative estimate of drug-likeness (QED) is 0.515. The van der Waals surface area contributed by atoms with Crippen molar-refractivity contribution in [2.24, 2.45) is 0 Å². The summed E-state index contributed by atoms with van der Waals surface area (Å²) in [5.41, 5.74) is 1.84. The molecule has 0 amide bonds. The van der Waals surface area contributed by atoms with Gasteiger partial charge in [0.1, 0.15) is 0 Å². The van der Waals surface area contributed by atoms with Gasteiger partial charge in [-0.3, -0.25) is 4.79 Å². The van der Waals surface area contributed by atoms with E-state index >= 15 is 0 Å². The largest absolute Gasteiger partial charge is 1.00 e. The molecule has 0 saturated heterocycles. The Morgan fingerprint density at radius 2 is 1.81 bits per heavy atom. The van der Waals surface area contributed by atoms with E-state index in [0.717, 1.165) is 11.3 Å². The Hall–Kier alpha value is -0.480. The molecule has 0 heterocycles. The normalized spacial score (nSPS) is 9.81. The van der Waals surface area contributed by atoms with Gasteiger partial charge in [-0.1, -0.05) is 12.1 Å². The smallest absolute Gasteiger partial charge is 0.213 e. The second-order valence-corrected chi connectivity index (χ2v) is 6.22. The van der Waals surface area contributed by atoms with Crippen LogP contribution in [-0.4, -0.2) is 38.1 Å². The van der Waals surface area contributed by atoms with E-state index in [-0.39, 0.29) is 33.7 Å². The summed E-state index contributed by atoms with van der Waals surface area (Å²) in [6.45, 7) is 0. The monoisotopic (exact) mass is 303 g/mol. The van der Waals surface area contributed by atoms with E-state index in [1.165, 1.54) is 0 Å². The molecule has 0 bridgehead atoms. The number of halogens is 1. The van der Waals surface area contributed by atoms with Gasteiger partial charge in [0.2, 0.25) is 5.78 Å². The van der Waals surface area contributed by atoms with Gasteiger partial charge in [0, 0.05) is 25.3 Å². The molecule has 0 spiro atoms. The molecule has 1 rings (SSSR count). The topological polar surface area (TPSA) is 20.3 Å². The maximum atomic E-state index is 12.0. The lowest BCUT2D eigenvalue weighted by Crippen LogP contribution is -3.00. The Kier molecular flexibility index (Phi) is 6.76. The van der Waals surface area contributed by atoms with Crippen LogP contribution < -0.4 is 21.9 Å². The number of benzene rings is 1. The third-order valence-electron chi connectivity index (χ3n) is 2.11. The van der Waals surface area contributed by atoms with Crippen LogP contribution in [0.4, 0.5) is 5.69 Å². The number of ketones is 1. The maximum Gasteiger partial charge on any atom is 0.213 e. The van der Waals surface area contributed by atoms with Gasteiger partial charge < -0.3 is 21.9 Å². The summed E-state index contributed by atoms with van der Waals surface area (Å²) in [6, 6.07) is 7.77. The van der Waals surface area contributed by atoms with Gasteiger partial charge in [-0.25, -0.2) is 0 Å². The van der Waals surface area contributed by atoms with Crippen LogP contribution in [0.3, 0.4) is 0 Å². The number of anilines is 1. The van der Waals surface area contributed by atoms with Gasteiger partial charge in [0.15, 0.2) is 5.75 Å². The Morgan fingerprint density at radius 1 is 1.25 bits per heavy atom. The molecule has 0 unspecified atom stereocenters. The first-order valence-corrected chi connectivity index (χ1v) is 7.07. The Balaban J connectivity index is 0.00000225. The Labute approximate surface area is 111 Å². The predicted octanol–water partition coefficient (Wildman–Crippen LogP) is -1.18. The molecule has 0 aliphatic heterocycles. The Morgan fingerprint density at radius 3 is 2.31 bits per heavy atom. The molecule has 4 heteroatoms. The lowest BCUT2D eigenvalue weighted by molar-refractivity contribution is -0.0000112. The number of hydrogen-bond donors (Lipinski definition) is 0. The van der Waals surface area contributed by atoms with Crippen LogP contribution in [0.25, 0.3) is 0 Å². The summed E-state index contributed by atoms with van der Waals surface area (Å²) in [7, 11) is 4.09. The van der Waals surface area contributed by atoms with E-state index in [0.29, 0.717) is 5.75 Å². The van der Waals surface area contributed by atoms with Crippen LogP contribution in [0.5, 0.6) is 0 Å². The zero-order valence-corrected chi connectivity index (χ0v) is 12.6. The number of para-hydroxylation sites is 1. The Bertz CT molecular complexity index is 353. The third-order valence-corrected chi connectivity index (χ3v) is 2.95. The first-order valence-electron chi connectivity index (χ1n) is 4.86. The van der Waals surface area contributed by atoms with Gasteiger partial charge >= 0.3 is 0 Å². The third kappa shape index (κ3) is 4.18. The van der Waals surface area contributed by atoms with E-state index in [1.807, 2.05) is 43.3 Å². The summed E-state index contributed by atoms with van der Waals surface area (Å²) in [6.07, 6.45) is 4.19. The zero-order chi connectivity index (χ0) is 11.4. The zero-order valence-electron chi connectivity index (χ0n) is 10.2. The molecule has 0 aliphatic carbocycles.